The monoisotopic (exact) mass is 273 g/mol. The molecule has 1 amide bonds. The second-order valence-electron chi connectivity index (χ2n) is 3.07. The van der Waals surface area contributed by atoms with E-state index in [0.29, 0.717) is 0 Å². The molecular weight excluding hydrogens is 266 g/mol. The Kier molecular flexibility index (Phi) is 3.52. The van der Waals surface area contributed by atoms with Crippen molar-refractivity contribution >= 4 is 40.2 Å². The third-order valence-corrected chi connectivity index (χ3v) is 3.98. The van der Waals surface area contributed by atoms with Crippen LogP contribution in [0, 0.1) is 0 Å². The summed E-state index contributed by atoms with van der Waals surface area (Å²) in [4.78, 5) is 12.8. The van der Waals surface area contributed by atoms with Gasteiger partial charge in [-0.1, -0.05) is 17.4 Å². The van der Waals surface area contributed by atoms with Gasteiger partial charge in [0.2, 0.25) is 9.47 Å². The van der Waals surface area contributed by atoms with Crippen molar-refractivity contribution in [3.8, 4) is 0 Å². The SMILES string of the molecule is CC(NC(=O)c1nnc(Cl)s1)c1cccs1. The van der Waals surface area contributed by atoms with E-state index in [0.717, 1.165) is 16.2 Å². The van der Waals surface area contributed by atoms with Crippen LogP contribution in [0.4, 0.5) is 0 Å². The Bertz CT molecular complexity index is 483. The Balaban J connectivity index is 2.03. The lowest BCUT2D eigenvalue weighted by Crippen LogP contribution is -2.25. The molecule has 84 valence electrons. The molecule has 2 aromatic rings. The van der Waals surface area contributed by atoms with Crippen LogP contribution in [-0.4, -0.2) is 16.1 Å². The lowest BCUT2D eigenvalue weighted by Gasteiger charge is -2.09. The Labute approximate surface area is 105 Å². The van der Waals surface area contributed by atoms with Gasteiger partial charge in [-0.15, -0.1) is 21.5 Å². The highest BCUT2D eigenvalue weighted by Crippen LogP contribution is 2.20. The summed E-state index contributed by atoms with van der Waals surface area (Å²) in [5.74, 6) is -0.245. The maximum Gasteiger partial charge on any atom is 0.282 e. The van der Waals surface area contributed by atoms with E-state index in [9.17, 15) is 4.79 Å². The average molecular weight is 274 g/mol. The van der Waals surface area contributed by atoms with Gasteiger partial charge in [0.25, 0.3) is 5.91 Å². The van der Waals surface area contributed by atoms with E-state index in [2.05, 4.69) is 15.5 Å². The number of aromatic nitrogens is 2. The minimum Gasteiger partial charge on any atom is -0.343 e. The van der Waals surface area contributed by atoms with Crippen molar-refractivity contribution < 1.29 is 4.79 Å². The molecule has 16 heavy (non-hydrogen) atoms. The molecule has 0 aliphatic carbocycles. The Hall–Kier alpha value is -0.980. The summed E-state index contributed by atoms with van der Waals surface area (Å²) in [5, 5.41) is 12.4. The number of hydrogen-bond acceptors (Lipinski definition) is 5. The first-order chi connectivity index (χ1) is 7.66. The van der Waals surface area contributed by atoms with Crippen LogP contribution in [0.3, 0.4) is 0 Å². The Morgan fingerprint density at radius 1 is 1.56 bits per heavy atom. The van der Waals surface area contributed by atoms with Crippen molar-refractivity contribution in [1.82, 2.24) is 15.5 Å². The molecule has 7 heteroatoms. The number of hydrogen-bond donors (Lipinski definition) is 1. The van der Waals surface area contributed by atoms with Crippen molar-refractivity contribution in [1.29, 1.82) is 0 Å². The molecule has 1 atom stereocenters. The maximum absolute atomic E-state index is 11.7. The number of rotatable bonds is 3. The zero-order valence-corrected chi connectivity index (χ0v) is 10.7. The summed E-state index contributed by atoms with van der Waals surface area (Å²) in [5.41, 5.74) is 0. The van der Waals surface area contributed by atoms with E-state index < -0.39 is 0 Å². The minimum absolute atomic E-state index is 0.0322. The van der Waals surface area contributed by atoms with Crippen LogP contribution in [0.15, 0.2) is 17.5 Å². The van der Waals surface area contributed by atoms with Gasteiger partial charge >= 0.3 is 0 Å². The van der Waals surface area contributed by atoms with Gasteiger partial charge < -0.3 is 5.32 Å². The van der Waals surface area contributed by atoms with Gasteiger partial charge in [0.05, 0.1) is 6.04 Å². The molecule has 2 aromatic heterocycles. The van der Waals surface area contributed by atoms with Gasteiger partial charge in [-0.25, -0.2) is 0 Å². The molecule has 0 aromatic carbocycles. The van der Waals surface area contributed by atoms with Crippen molar-refractivity contribution in [3.05, 3.63) is 31.9 Å². The lowest BCUT2D eigenvalue weighted by molar-refractivity contribution is 0.0939. The van der Waals surface area contributed by atoms with Crippen LogP contribution < -0.4 is 5.32 Å². The molecule has 1 unspecified atom stereocenters. The van der Waals surface area contributed by atoms with E-state index in [1.165, 1.54) is 0 Å². The van der Waals surface area contributed by atoms with Crippen LogP contribution in [0.5, 0.6) is 0 Å². The summed E-state index contributed by atoms with van der Waals surface area (Å²) < 4.78 is 0.272. The number of carbonyl (C=O) groups excluding carboxylic acids is 1. The quantitative estimate of drug-likeness (QED) is 0.936. The first kappa shape index (κ1) is 11.5. The molecule has 2 heterocycles. The zero-order chi connectivity index (χ0) is 11.5. The van der Waals surface area contributed by atoms with Crippen molar-refractivity contribution in [2.45, 2.75) is 13.0 Å². The topological polar surface area (TPSA) is 54.9 Å². The molecule has 0 aliphatic heterocycles. The summed E-state index contributed by atoms with van der Waals surface area (Å²) in [6.45, 7) is 1.92. The molecule has 0 bridgehead atoms. The van der Waals surface area contributed by atoms with Crippen molar-refractivity contribution in [2.75, 3.05) is 0 Å². The predicted octanol–water partition coefficient (Wildman–Crippen LogP) is 2.74. The first-order valence-corrected chi connectivity index (χ1v) is 6.57. The first-order valence-electron chi connectivity index (χ1n) is 4.50. The summed E-state index contributed by atoms with van der Waals surface area (Å²) in [6, 6.07) is 3.89. The minimum atomic E-state index is -0.245. The van der Waals surface area contributed by atoms with Crippen LogP contribution in [0.25, 0.3) is 0 Å². The van der Waals surface area contributed by atoms with E-state index in [-0.39, 0.29) is 21.4 Å². The molecule has 2 rings (SSSR count). The van der Waals surface area contributed by atoms with Crippen LogP contribution in [0.2, 0.25) is 4.47 Å². The third-order valence-electron chi connectivity index (χ3n) is 1.91. The summed E-state index contributed by atoms with van der Waals surface area (Å²) in [7, 11) is 0. The normalized spacial score (nSPS) is 12.4. The fourth-order valence-electron chi connectivity index (χ4n) is 1.16. The third kappa shape index (κ3) is 2.58. The van der Waals surface area contributed by atoms with E-state index >= 15 is 0 Å². The van der Waals surface area contributed by atoms with E-state index in [1.54, 1.807) is 11.3 Å². The van der Waals surface area contributed by atoms with Gasteiger partial charge in [-0.05, 0) is 30.0 Å². The van der Waals surface area contributed by atoms with Gasteiger partial charge in [-0.2, -0.15) is 0 Å². The van der Waals surface area contributed by atoms with Crippen molar-refractivity contribution in [3.63, 3.8) is 0 Å². The highest BCUT2D eigenvalue weighted by molar-refractivity contribution is 7.17. The number of nitrogens with one attached hydrogen (secondary N) is 1. The molecule has 0 aliphatic rings. The zero-order valence-electron chi connectivity index (χ0n) is 8.31. The second-order valence-corrected chi connectivity index (χ2v) is 5.61. The Morgan fingerprint density at radius 2 is 2.38 bits per heavy atom. The molecule has 0 saturated heterocycles. The number of amides is 1. The number of carbonyl (C=O) groups is 1. The Morgan fingerprint density at radius 3 is 2.94 bits per heavy atom. The maximum atomic E-state index is 11.7. The van der Waals surface area contributed by atoms with Crippen molar-refractivity contribution in [2.24, 2.45) is 0 Å². The smallest absolute Gasteiger partial charge is 0.282 e. The molecule has 0 radical (unpaired) electrons. The second kappa shape index (κ2) is 4.90. The number of nitrogens with zero attached hydrogens (tertiary/aromatic N) is 2. The molecule has 1 N–H and O–H groups in total. The largest absolute Gasteiger partial charge is 0.343 e. The van der Waals surface area contributed by atoms with Crippen LogP contribution in [0.1, 0.15) is 27.6 Å². The van der Waals surface area contributed by atoms with Gasteiger partial charge in [-0.3, -0.25) is 4.79 Å². The van der Waals surface area contributed by atoms with E-state index in [1.807, 2.05) is 24.4 Å². The summed E-state index contributed by atoms with van der Waals surface area (Å²) >= 11 is 8.28. The molecule has 4 nitrogen and oxygen atoms in total. The lowest BCUT2D eigenvalue weighted by atomic mass is 10.3. The van der Waals surface area contributed by atoms with Gasteiger partial charge in [0.1, 0.15) is 0 Å². The molecule has 0 saturated carbocycles. The molecule has 0 fully saturated rings. The fraction of sp³-hybridized carbons (Fsp3) is 0.222. The number of thiophene rings is 1. The van der Waals surface area contributed by atoms with E-state index in [4.69, 9.17) is 11.6 Å². The molecule has 0 spiro atoms. The predicted molar refractivity (Wildman–Crippen MR) is 65.1 cm³/mol. The highest BCUT2D eigenvalue weighted by Gasteiger charge is 2.15. The van der Waals surface area contributed by atoms with Gasteiger partial charge in [0.15, 0.2) is 0 Å². The van der Waals surface area contributed by atoms with Crippen LogP contribution >= 0.6 is 34.3 Å². The molecular formula is C9H8ClN3OS2. The standard InChI is InChI=1S/C9H8ClN3OS2/c1-5(6-3-2-4-15-6)11-7(14)8-12-13-9(10)16-8/h2-5H,1H3,(H,11,14). The number of halogens is 1. The average Bonchev–Trinajstić information content (AvgIpc) is 2.87. The van der Waals surface area contributed by atoms with Crippen LogP contribution in [-0.2, 0) is 0 Å². The van der Waals surface area contributed by atoms with Gasteiger partial charge in [0, 0.05) is 4.88 Å². The summed E-state index contributed by atoms with van der Waals surface area (Å²) in [6.07, 6.45) is 0. The fourth-order valence-corrected chi connectivity index (χ4v) is 2.63. The highest BCUT2D eigenvalue weighted by atomic mass is 35.5.